The van der Waals surface area contributed by atoms with Gasteiger partial charge in [0, 0.05) is 7.05 Å². The molecule has 1 unspecified atom stereocenters. The molecule has 0 aliphatic carbocycles. The lowest BCUT2D eigenvalue weighted by Crippen LogP contribution is -2.36. The van der Waals surface area contributed by atoms with Crippen molar-refractivity contribution in [1.82, 2.24) is 4.72 Å². The van der Waals surface area contributed by atoms with Gasteiger partial charge < -0.3 is 0 Å². The molecule has 2 N–H and O–H groups in total. The van der Waals surface area contributed by atoms with Crippen LogP contribution < -0.4 is 4.72 Å². The molecule has 0 rings (SSSR count). The number of nitrogens with one attached hydrogen (secondary N) is 1. The van der Waals surface area contributed by atoms with Gasteiger partial charge in [0.2, 0.25) is 0 Å². The molecule has 0 aliphatic rings. The van der Waals surface area contributed by atoms with Gasteiger partial charge in [-0.3, -0.25) is 0 Å². The minimum atomic E-state index is -2.84. The molecule has 0 aromatic rings. The smallest absolute Gasteiger partial charge is 0.214 e. The third-order valence-corrected chi connectivity index (χ3v) is 3.32. The molecular weight excluding hydrogens is 138 g/mol. The predicted molar refractivity (Wildman–Crippen MR) is 38.9 cm³/mol. The second-order valence-electron chi connectivity index (χ2n) is 2.84. The average Bonchev–Trinajstić information content (AvgIpc) is 1.64. The van der Waals surface area contributed by atoms with Crippen LogP contribution in [-0.2, 0) is 10.0 Å². The van der Waals surface area contributed by atoms with E-state index in [1.165, 1.54) is 7.05 Å². The van der Waals surface area contributed by atoms with E-state index in [1.54, 1.807) is 20.8 Å². The zero-order valence-electron chi connectivity index (χ0n) is 6.26. The Labute approximate surface area is 56.5 Å². The van der Waals surface area contributed by atoms with Gasteiger partial charge in [-0.1, -0.05) is 0 Å². The van der Waals surface area contributed by atoms with Gasteiger partial charge in [0.15, 0.2) is 0 Å². The summed E-state index contributed by atoms with van der Waals surface area (Å²) in [4.78, 5) is 0. The second-order valence-corrected chi connectivity index (χ2v) is 5.53. The monoisotopic (exact) mass is 152 g/mol. The first-order valence-electron chi connectivity index (χ1n) is 2.76. The predicted octanol–water partition coefficient (Wildman–Crippen LogP) is 0.491. The van der Waals surface area contributed by atoms with Crippen LogP contribution in [-0.4, -0.2) is 20.2 Å². The summed E-state index contributed by atoms with van der Waals surface area (Å²) in [7, 11) is -1.36. The van der Waals surface area contributed by atoms with Crippen molar-refractivity contribution < 1.29 is 8.42 Å². The molecule has 3 nitrogen and oxygen atoms in total. The summed E-state index contributed by atoms with van der Waals surface area (Å²) in [6, 6.07) is 0. The van der Waals surface area contributed by atoms with Crippen LogP contribution in [0.4, 0.5) is 0 Å². The summed E-state index contributed by atoms with van der Waals surface area (Å²) < 4.78 is 21.9. The fourth-order valence-electron chi connectivity index (χ4n) is 0.306. The first kappa shape index (κ1) is 8.91. The van der Waals surface area contributed by atoms with E-state index in [0.29, 0.717) is 0 Å². The van der Waals surface area contributed by atoms with Crippen molar-refractivity contribution in [3.63, 3.8) is 0 Å². The lowest BCUT2D eigenvalue weighted by atomic mass is 10.3. The van der Waals surface area contributed by atoms with Crippen LogP contribution in [0.1, 0.15) is 20.8 Å². The Bertz CT molecular complexity index is 176. The highest BCUT2D eigenvalue weighted by atomic mass is 32.2. The minimum Gasteiger partial charge on any atom is -0.214 e. The molecule has 0 saturated carbocycles. The van der Waals surface area contributed by atoms with Gasteiger partial charge in [-0.15, -0.1) is 0 Å². The van der Waals surface area contributed by atoms with E-state index in [0.717, 1.165) is 0 Å². The van der Waals surface area contributed by atoms with Gasteiger partial charge in [0.1, 0.15) is 4.75 Å². The summed E-state index contributed by atoms with van der Waals surface area (Å²) in [6.45, 7) is 5.14. The molecule has 0 spiro atoms. The molecule has 0 radical (unpaired) electrons. The van der Waals surface area contributed by atoms with Crippen molar-refractivity contribution >= 4 is 10.0 Å². The van der Waals surface area contributed by atoms with Crippen LogP contribution in [0, 0.1) is 0 Å². The quantitative estimate of drug-likeness (QED) is 0.546. The van der Waals surface area contributed by atoms with Gasteiger partial charge in [-0.05, 0) is 20.8 Å². The maximum absolute atomic E-state index is 11.0. The summed E-state index contributed by atoms with van der Waals surface area (Å²) in [5.74, 6) is 0. The summed E-state index contributed by atoms with van der Waals surface area (Å²) in [5, 5.41) is 0. The largest absolute Gasteiger partial charge is 0.347 e. The lowest BCUT2D eigenvalue weighted by Gasteiger charge is -2.11. The maximum atomic E-state index is 11.0. The Morgan fingerprint density at radius 1 is 1.44 bits per heavy atom. The fraction of sp³-hybridized carbons (Fsp3) is 1.00. The number of hydrogen-bond donors (Lipinski definition) is 1. The van der Waals surface area contributed by atoms with Crippen molar-refractivity contribution in [3.8, 4) is 0 Å². The first-order valence-corrected chi connectivity index (χ1v) is 4.27. The number of rotatable bonds is 1. The van der Waals surface area contributed by atoms with Crippen LogP contribution in [0.15, 0.2) is 0 Å². The van der Waals surface area contributed by atoms with Crippen molar-refractivity contribution in [2.24, 2.45) is 0 Å². The van der Waals surface area contributed by atoms with Gasteiger partial charge in [0.05, 0.1) is 0 Å². The minimum absolute atomic E-state index is 0.582. The number of hydrogen-bond acceptors (Lipinski definition) is 1. The standard InChI is InChI=1S/C5H13NO2S/c1-5(2,3)9(7,8)6-4/h1-4H3,(H,6,7,8)/p+1. The fourth-order valence-corrected chi connectivity index (χ4v) is 0.919. The van der Waals surface area contributed by atoms with E-state index in [9.17, 15) is 4.21 Å². The second kappa shape index (κ2) is 2.27. The van der Waals surface area contributed by atoms with Crippen molar-refractivity contribution in [2.75, 3.05) is 7.05 Å². The normalized spacial score (nSPS) is 19.1. The topological polar surface area (TPSA) is 50.5 Å². The zero-order chi connectivity index (χ0) is 7.71. The van der Waals surface area contributed by atoms with Crippen LogP contribution >= 0.6 is 0 Å². The van der Waals surface area contributed by atoms with Gasteiger partial charge in [0.25, 0.3) is 0 Å². The molecule has 4 heteroatoms. The molecule has 0 saturated heterocycles. The highest BCUT2D eigenvalue weighted by Gasteiger charge is 2.32. The summed E-state index contributed by atoms with van der Waals surface area (Å²) >= 11 is 0. The van der Waals surface area contributed by atoms with E-state index in [2.05, 4.69) is 4.72 Å². The van der Waals surface area contributed by atoms with Crippen molar-refractivity contribution in [2.45, 2.75) is 25.5 Å². The zero-order valence-corrected chi connectivity index (χ0v) is 7.08. The molecule has 9 heavy (non-hydrogen) atoms. The van der Waals surface area contributed by atoms with E-state index >= 15 is 0 Å². The summed E-state index contributed by atoms with van der Waals surface area (Å²) in [6.07, 6.45) is 0. The molecule has 0 bridgehead atoms. The molecule has 0 aromatic heterocycles. The molecule has 0 heterocycles. The van der Waals surface area contributed by atoms with Crippen LogP contribution in [0.5, 0.6) is 0 Å². The Balaban J connectivity index is 4.57. The molecule has 0 aromatic carbocycles. The molecule has 0 fully saturated rings. The van der Waals surface area contributed by atoms with Crippen molar-refractivity contribution in [3.05, 3.63) is 0 Å². The maximum Gasteiger partial charge on any atom is 0.347 e. The van der Waals surface area contributed by atoms with E-state index in [-0.39, 0.29) is 0 Å². The highest BCUT2D eigenvalue weighted by molar-refractivity contribution is 7.90. The van der Waals surface area contributed by atoms with Crippen LogP contribution in [0.2, 0.25) is 0 Å². The molecule has 56 valence electrons. The van der Waals surface area contributed by atoms with Crippen LogP contribution in [0.3, 0.4) is 0 Å². The van der Waals surface area contributed by atoms with E-state index in [4.69, 9.17) is 4.21 Å². The molecular formula is C5H14NO2S+. The Kier molecular flexibility index (Phi) is 2.24. The van der Waals surface area contributed by atoms with Gasteiger partial charge in [-0.2, -0.15) is 8.93 Å². The lowest BCUT2D eigenvalue weighted by molar-refractivity contribution is 0.567. The van der Waals surface area contributed by atoms with E-state index in [1.807, 2.05) is 0 Å². The van der Waals surface area contributed by atoms with Gasteiger partial charge >= 0.3 is 10.0 Å². The Hall–Kier alpha value is -0.0900. The third-order valence-electron chi connectivity index (χ3n) is 1.11. The molecule has 0 amide bonds. The Morgan fingerprint density at radius 3 is 1.78 bits per heavy atom. The van der Waals surface area contributed by atoms with Crippen LogP contribution in [0.25, 0.3) is 0 Å². The van der Waals surface area contributed by atoms with Gasteiger partial charge in [-0.25, -0.2) is 4.21 Å². The highest BCUT2D eigenvalue weighted by Crippen LogP contribution is 2.11. The molecule has 1 atom stereocenters. The Morgan fingerprint density at radius 2 is 1.78 bits per heavy atom. The first-order chi connectivity index (χ1) is 3.81. The average molecular weight is 152 g/mol. The molecule has 0 aliphatic heterocycles. The van der Waals surface area contributed by atoms with E-state index < -0.39 is 14.8 Å². The third kappa shape index (κ3) is 1.95. The summed E-state index contributed by atoms with van der Waals surface area (Å²) in [5.41, 5.74) is 0. The van der Waals surface area contributed by atoms with Crippen molar-refractivity contribution in [1.29, 1.82) is 0 Å². The SMILES string of the molecule is CNS(=O)(=[OH+])C(C)(C)C.